The fourth-order valence-corrected chi connectivity index (χ4v) is 0.417. The van der Waals surface area contributed by atoms with Crippen molar-refractivity contribution in [1.29, 1.82) is 4.78 Å². The van der Waals surface area contributed by atoms with Gasteiger partial charge in [0.1, 0.15) is 0 Å². The Morgan fingerprint density at radius 3 is 2.50 bits per heavy atom. The summed E-state index contributed by atoms with van der Waals surface area (Å²) < 4.78 is 16.0. The Morgan fingerprint density at radius 1 is 2.00 bits per heavy atom. The third-order valence-corrected chi connectivity index (χ3v) is 1.41. The van der Waals surface area contributed by atoms with Crippen LogP contribution in [0, 0.1) is 4.78 Å². The molecule has 6 heteroatoms. The van der Waals surface area contributed by atoms with E-state index in [1.165, 1.54) is 5.90 Å². The molecule has 0 heterocycles. The quantitative estimate of drug-likeness (QED) is 0.358. The molecule has 0 aromatic heterocycles. The van der Waals surface area contributed by atoms with Gasteiger partial charge in [0, 0.05) is 0 Å². The predicted octanol–water partition coefficient (Wildman–Crippen LogP) is 0.276. The molecule has 0 unspecified atom stereocenters. The van der Waals surface area contributed by atoms with E-state index >= 15 is 0 Å². The summed E-state index contributed by atoms with van der Waals surface area (Å²) in [5, 5.41) is 0. The molecule has 0 aliphatic rings. The van der Waals surface area contributed by atoms with Crippen LogP contribution < -0.4 is 0 Å². The fraction of sp³-hybridized carbons (Fsp3) is 0. The van der Waals surface area contributed by atoms with Crippen LogP contribution in [-0.4, -0.2) is 12.4 Å². The second-order valence-corrected chi connectivity index (χ2v) is 2.38. The molecule has 0 aliphatic heterocycles. The van der Waals surface area contributed by atoms with Crippen molar-refractivity contribution in [2.24, 2.45) is 0 Å². The van der Waals surface area contributed by atoms with Gasteiger partial charge in [-0.1, -0.05) is 0 Å². The van der Waals surface area contributed by atoms with E-state index in [2.05, 4.69) is 0 Å². The molecule has 0 atom stereocenters. The summed E-state index contributed by atoms with van der Waals surface area (Å²) in [6.07, 6.45) is 0. The molecule has 0 aliphatic carbocycles. The first kappa shape index (κ1) is 6.38. The Kier molecular flexibility index (Phi) is 3.79. The van der Waals surface area contributed by atoms with E-state index in [1.54, 1.807) is 0 Å². The summed E-state index contributed by atoms with van der Waals surface area (Å²) in [4.78, 5) is 0. The van der Waals surface area contributed by atoms with Crippen molar-refractivity contribution in [3.63, 3.8) is 0 Å². The van der Waals surface area contributed by atoms with Crippen molar-refractivity contribution in [2.75, 3.05) is 0 Å². The SMILES string of the molecule is B#S(=N)B=[P+]=O. The van der Waals surface area contributed by atoms with Gasteiger partial charge in [-0.3, -0.25) is 0 Å². The number of hydrogen-bond acceptors (Lipinski definition) is 2. The van der Waals surface area contributed by atoms with Crippen LogP contribution in [0.15, 0.2) is 0 Å². The third-order valence-electron chi connectivity index (χ3n) is 0.157. The molecule has 0 aromatic rings. The van der Waals surface area contributed by atoms with Crippen LogP contribution in [0.25, 0.3) is 0 Å². The van der Waals surface area contributed by atoms with Gasteiger partial charge in [0.2, 0.25) is 0 Å². The molecule has 0 saturated carbocycles. The molecule has 0 saturated heterocycles. The van der Waals surface area contributed by atoms with Crippen molar-refractivity contribution in [3.05, 3.63) is 0 Å². The van der Waals surface area contributed by atoms with E-state index < -0.39 is 9.78 Å². The van der Waals surface area contributed by atoms with Crippen molar-refractivity contribution in [1.82, 2.24) is 0 Å². The van der Waals surface area contributed by atoms with Crippen molar-refractivity contribution in [3.8, 4) is 0 Å². The molecular weight excluding hydrogens is 115 g/mol. The molecule has 0 spiro atoms. The monoisotopic (exact) mass is 116 g/mol. The molecule has 0 aromatic carbocycles. The summed E-state index contributed by atoms with van der Waals surface area (Å²) in [6, 6.07) is 0. The van der Waals surface area contributed by atoms with Gasteiger partial charge in [-0.2, -0.15) is 0 Å². The van der Waals surface area contributed by atoms with E-state index in [0.29, 0.717) is 0 Å². The third kappa shape index (κ3) is 4.38. The summed E-state index contributed by atoms with van der Waals surface area (Å²) in [5.41, 5.74) is 0. The Morgan fingerprint density at radius 2 is 2.50 bits per heavy atom. The molecule has 1 N–H and O–H groups in total. The van der Waals surface area contributed by atoms with Gasteiger partial charge in [-0.25, -0.2) is 0 Å². The van der Waals surface area contributed by atoms with Crippen LogP contribution in [-0.2, 0) is 14.3 Å². The molecule has 6 heavy (non-hydrogen) atoms. The van der Waals surface area contributed by atoms with Gasteiger partial charge in [0.05, 0.1) is 0 Å². The van der Waals surface area contributed by atoms with Gasteiger partial charge < -0.3 is 0 Å². The second kappa shape index (κ2) is 3.57. The van der Waals surface area contributed by atoms with Crippen molar-refractivity contribution >= 4 is 30.2 Å². The predicted molar refractivity (Wildman–Crippen MR) is 29.2 cm³/mol. The summed E-state index contributed by atoms with van der Waals surface area (Å²) in [7, 11) is -1.17. The summed E-state index contributed by atoms with van der Waals surface area (Å²) in [6.45, 7) is 4.83. The van der Waals surface area contributed by atoms with Gasteiger partial charge >= 0.3 is 39.5 Å². The van der Waals surface area contributed by atoms with E-state index in [1.807, 2.05) is 0 Å². The van der Waals surface area contributed by atoms with Gasteiger partial charge in [0.25, 0.3) is 0 Å². The zero-order chi connectivity index (χ0) is 4.99. The molecule has 0 fully saturated rings. The van der Waals surface area contributed by atoms with E-state index in [-0.39, 0.29) is 7.95 Å². The van der Waals surface area contributed by atoms with Crippen LogP contribution in [0.2, 0.25) is 0 Å². The molecule has 0 bridgehead atoms. The van der Waals surface area contributed by atoms with Gasteiger partial charge in [0.15, 0.2) is 0 Å². The molecule has 28 valence electrons. The van der Waals surface area contributed by atoms with Crippen LogP contribution in [0.4, 0.5) is 0 Å². The number of rotatable bonds is 0. The van der Waals surface area contributed by atoms with E-state index in [4.69, 9.17) is 11.3 Å². The maximum atomic E-state index is 9.46. The first-order valence-corrected chi connectivity index (χ1v) is 3.35. The average molecular weight is 116 g/mol. The second-order valence-electron chi connectivity index (χ2n) is 0.583. The first-order chi connectivity index (χ1) is 2.77. The molecular formula is HB2NOPS+. The Hall–Kier alpha value is 0.380. The molecule has 0 rings (SSSR count). The molecule has 0 radical (unpaired) electrons. The maximum absolute atomic E-state index is 9.46. The van der Waals surface area contributed by atoms with Crippen molar-refractivity contribution < 1.29 is 4.57 Å². The first-order valence-electron chi connectivity index (χ1n) is 1.12. The Bertz CT molecular complexity index is 185. The van der Waals surface area contributed by atoms with Crippen LogP contribution in [0.3, 0.4) is 0 Å². The average Bonchev–Trinajstić information content (AvgIpc) is 1.35. The van der Waals surface area contributed by atoms with E-state index in [0.717, 1.165) is 0 Å². The van der Waals surface area contributed by atoms with Gasteiger partial charge in [-0.15, -0.1) is 0 Å². The Balaban J connectivity index is 4.12. The van der Waals surface area contributed by atoms with Gasteiger partial charge in [-0.05, 0) is 0 Å². The van der Waals surface area contributed by atoms with E-state index in [9.17, 15) is 4.57 Å². The normalized spacial score (nSPS) is 6.33. The molecule has 2 nitrogen and oxygen atoms in total. The number of hydrogen-bond donors (Lipinski definition) is 1. The van der Waals surface area contributed by atoms with Crippen LogP contribution >= 0.6 is 7.95 Å². The zero-order valence-electron chi connectivity index (χ0n) is 2.92. The van der Waals surface area contributed by atoms with Crippen LogP contribution in [0.5, 0.6) is 0 Å². The molecule has 0 amide bonds. The minimum atomic E-state index is -1.02. The standard InChI is InChI=1S/B2HNOPS/c1-6(3)2-5-4/h3H/q+1. The fourth-order valence-electron chi connectivity index (χ4n) is 0.0464. The Labute approximate surface area is 40.2 Å². The van der Waals surface area contributed by atoms with Crippen molar-refractivity contribution in [2.45, 2.75) is 0 Å². The summed E-state index contributed by atoms with van der Waals surface area (Å²) in [5.74, 6) is 1.18. The topological polar surface area (TPSA) is 40.9 Å². The van der Waals surface area contributed by atoms with Crippen LogP contribution in [0.1, 0.15) is 0 Å². The summed E-state index contributed by atoms with van der Waals surface area (Å²) >= 11 is 0. The minimum absolute atomic E-state index is 0.151. The number of nitrogens with one attached hydrogen (secondary N) is 1. The zero-order valence-corrected chi connectivity index (χ0v) is 4.63.